The average Bonchev–Trinajstić information content (AvgIpc) is 3.08. The van der Waals surface area contributed by atoms with Crippen molar-refractivity contribution in [2.75, 3.05) is 13.2 Å². The molecule has 3 aromatic rings. The molecule has 0 heterocycles. The third-order valence-electron chi connectivity index (χ3n) is 5.04. The first-order chi connectivity index (χ1) is 14.6. The Bertz CT molecular complexity index is 1100. The third kappa shape index (κ3) is 4.13. The maximum absolute atomic E-state index is 13.3. The van der Waals surface area contributed by atoms with Gasteiger partial charge in [0.25, 0.3) is 0 Å². The van der Waals surface area contributed by atoms with E-state index >= 15 is 0 Å². The lowest BCUT2D eigenvalue weighted by Gasteiger charge is -2.14. The van der Waals surface area contributed by atoms with Crippen LogP contribution in [0.3, 0.4) is 0 Å². The molecule has 0 atom stereocenters. The summed E-state index contributed by atoms with van der Waals surface area (Å²) in [5.41, 5.74) is 5.16. The van der Waals surface area contributed by atoms with Gasteiger partial charge in [0.2, 0.25) is 0 Å². The fraction of sp³-hybridized carbons (Fsp3) is 0.160. The van der Waals surface area contributed by atoms with Gasteiger partial charge in [-0.25, -0.2) is 9.18 Å². The quantitative estimate of drug-likeness (QED) is 0.487. The maximum atomic E-state index is 13.3. The Morgan fingerprint density at radius 3 is 2.37 bits per heavy atom. The van der Waals surface area contributed by atoms with Gasteiger partial charge in [-0.3, -0.25) is 0 Å². The molecule has 3 aromatic carbocycles. The fourth-order valence-electron chi connectivity index (χ4n) is 3.63. The Morgan fingerprint density at radius 2 is 1.70 bits per heavy atom. The lowest BCUT2D eigenvalue weighted by Crippen LogP contribution is -2.26. The van der Waals surface area contributed by atoms with E-state index in [1.54, 1.807) is 0 Å². The topological polar surface area (TPSA) is 58.6 Å². The van der Waals surface area contributed by atoms with Gasteiger partial charge in [-0.05, 0) is 40.5 Å². The van der Waals surface area contributed by atoms with Gasteiger partial charge in [0, 0.05) is 24.4 Å². The first kappa shape index (κ1) is 19.5. The number of phenols is 1. The molecule has 1 aliphatic carbocycles. The van der Waals surface area contributed by atoms with E-state index in [0.29, 0.717) is 18.5 Å². The van der Waals surface area contributed by atoms with Gasteiger partial charge in [0.15, 0.2) is 11.6 Å². The Balaban J connectivity index is 1.29. The van der Waals surface area contributed by atoms with Crippen LogP contribution in [0.15, 0.2) is 66.7 Å². The summed E-state index contributed by atoms with van der Waals surface area (Å²) in [4.78, 5) is 12.1. The van der Waals surface area contributed by atoms with Crippen molar-refractivity contribution in [2.45, 2.75) is 12.3 Å². The number of hydrogen-bond donors (Lipinski definition) is 2. The number of carbonyl (C=O) groups excluding carboxylic acids is 1. The number of aromatic hydroxyl groups is 1. The van der Waals surface area contributed by atoms with Crippen molar-refractivity contribution >= 4 is 6.09 Å². The molecule has 2 N–H and O–H groups in total. The van der Waals surface area contributed by atoms with Crippen molar-refractivity contribution in [1.29, 1.82) is 0 Å². The molecule has 4 rings (SSSR count). The second-order valence-electron chi connectivity index (χ2n) is 6.97. The molecular formula is C25H20FNO3. The molecule has 4 nitrogen and oxygen atoms in total. The van der Waals surface area contributed by atoms with E-state index < -0.39 is 17.7 Å². The SMILES string of the molecule is O=C(NCCC#Cc1ccc(O)c(F)c1)OCC1c2ccccc2-c2ccccc21. The molecule has 0 spiro atoms. The predicted molar refractivity (Wildman–Crippen MR) is 113 cm³/mol. The lowest BCUT2D eigenvalue weighted by atomic mass is 9.98. The molecule has 0 fully saturated rings. The van der Waals surface area contributed by atoms with Crippen LogP contribution >= 0.6 is 0 Å². The van der Waals surface area contributed by atoms with Crippen molar-refractivity contribution < 1.29 is 19.0 Å². The van der Waals surface area contributed by atoms with Gasteiger partial charge >= 0.3 is 6.09 Å². The summed E-state index contributed by atoms with van der Waals surface area (Å²) in [6.07, 6.45) is -0.0958. The molecule has 0 saturated heterocycles. The molecule has 0 bridgehead atoms. The minimum absolute atomic E-state index is 0.0207. The third-order valence-corrected chi connectivity index (χ3v) is 5.04. The van der Waals surface area contributed by atoms with Crippen LogP contribution in [0.25, 0.3) is 11.1 Å². The van der Waals surface area contributed by atoms with Crippen molar-refractivity contribution in [3.05, 3.63) is 89.2 Å². The van der Waals surface area contributed by atoms with Crippen molar-refractivity contribution in [3.63, 3.8) is 0 Å². The molecule has 0 aromatic heterocycles. The highest BCUT2D eigenvalue weighted by atomic mass is 19.1. The van der Waals surface area contributed by atoms with Gasteiger partial charge in [0.05, 0.1) is 0 Å². The average molecular weight is 401 g/mol. The summed E-state index contributed by atoms with van der Waals surface area (Å²) >= 11 is 0. The number of alkyl carbamates (subject to hydrolysis) is 1. The molecule has 1 amide bonds. The Morgan fingerprint density at radius 1 is 1.03 bits per heavy atom. The van der Waals surface area contributed by atoms with Gasteiger partial charge in [-0.1, -0.05) is 60.4 Å². The molecular weight excluding hydrogens is 381 g/mol. The molecule has 0 radical (unpaired) electrons. The van der Waals surface area contributed by atoms with E-state index in [4.69, 9.17) is 9.84 Å². The minimum Gasteiger partial charge on any atom is -0.505 e. The number of phenolic OH excluding ortho intramolecular Hbond substituents is 1. The number of halogens is 1. The predicted octanol–water partition coefficient (Wildman–Crippen LogP) is 4.81. The Labute approximate surface area is 174 Å². The summed E-state index contributed by atoms with van der Waals surface area (Å²) in [6.45, 7) is 0.586. The lowest BCUT2D eigenvalue weighted by molar-refractivity contribution is 0.143. The molecule has 1 aliphatic rings. The molecule has 0 aliphatic heterocycles. The summed E-state index contributed by atoms with van der Waals surface area (Å²) in [5, 5.41) is 11.9. The number of amides is 1. The first-order valence-corrected chi connectivity index (χ1v) is 9.69. The second kappa shape index (κ2) is 8.71. The van der Waals surface area contributed by atoms with Gasteiger partial charge in [0.1, 0.15) is 6.61 Å². The van der Waals surface area contributed by atoms with Crippen LogP contribution in [0.1, 0.15) is 29.0 Å². The summed E-state index contributed by atoms with van der Waals surface area (Å²) in [5.74, 6) is 4.56. The molecule has 150 valence electrons. The van der Waals surface area contributed by atoms with Crippen LogP contribution in [0, 0.1) is 17.7 Å². The van der Waals surface area contributed by atoms with Crippen molar-refractivity contribution in [2.24, 2.45) is 0 Å². The van der Waals surface area contributed by atoms with E-state index in [2.05, 4.69) is 41.4 Å². The number of ether oxygens (including phenoxy) is 1. The standard InChI is InChI=1S/C25H20FNO3/c26-23-15-17(12-13-24(23)28)7-5-6-14-27-25(29)30-16-22-20-10-3-1-8-18(20)19-9-2-4-11-21(19)22/h1-4,8-13,15,22,28H,6,14,16H2,(H,27,29). The normalized spacial score (nSPS) is 11.8. The van der Waals surface area contributed by atoms with E-state index in [0.717, 1.165) is 0 Å². The maximum Gasteiger partial charge on any atom is 0.407 e. The number of benzene rings is 3. The zero-order chi connectivity index (χ0) is 20.9. The molecule has 0 unspecified atom stereocenters. The van der Waals surface area contributed by atoms with E-state index in [1.807, 2.05) is 24.3 Å². The van der Waals surface area contributed by atoms with Crippen molar-refractivity contribution in [3.8, 4) is 28.7 Å². The van der Waals surface area contributed by atoms with Gasteiger partial charge in [-0.15, -0.1) is 0 Å². The Kier molecular flexibility index (Phi) is 5.67. The fourth-order valence-corrected chi connectivity index (χ4v) is 3.63. The minimum atomic E-state index is -0.710. The van der Waals surface area contributed by atoms with Crippen molar-refractivity contribution in [1.82, 2.24) is 5.32 Å². The zero-order valence-electron chi connectivity index (χ0n) is 16.2. The molecule has 30 heavy (non-hydrogen) atoms. The zero-order valence-corrected chi connectivity index (χ0v) is 16.2. The monoisotopic (exact) mass is 401 g/mol. The number of hydrogen-bond acceptors (Lipinski definition) is 3. The summed E-state index contributed by atoms with van der Waals surface area (Å²) < 4.78 is 18.7. The largest absolute Gasteiger partial charge is 0.505 e. The second-order valence-corrected chi connectivity index (χ2v) is 6.97. The van der Waals surface area contributed by atoms with E-state index in [-0.39, 0.29) is 12.5 Å². The van der Waals surface area contributed by atoms with Crippen LogP contribution in [-0.4, -0.2) is 24.4 Å². The number of fused-ring (bicyclic) bond motifs is 3. The van der Waals surface area contributed by atoms with Crippen LogP contribution in [-0.2, 0) is 4.74 Å². The van der Waals surface area contributed by atoms with Gasteiger partial charge in [-0.2, -0.15) is 0 Å². The highest BCUT2D eigenvalue weighted by molar-refractivity contribution is 5.79. The molecule has 0 saturated carbocycles. The van der Waals surface area contributed by atoms with Crippen LogP contribution in [0.2, 0.25) is 0 Å². The summed E-state index contributed by atoms with van der Waals surface area (Å²) in [7, 11) is 0. The first-order valence-electron chi connectivity index (χ1n) is 9.69. The van der Waals surface area contributed by atoms with Crippen LogP contribution < -0.4 is 5.32 Å². The smallest absolute Gasteiger partial charge is 0.407 e. The van der Waals surface area contributed by atoms with Crippen LogP contribution in [0.5, 0.6) is 5.75 Å². The Hall–Kier alpha value is -3.78. The number of carbonyl (C=O) groups is 1. The highest BCUT2D eigenvalue weighted by Crippen LogP contribution is 2.44. The van der Waals surface area contributed by atoms with Crippen LogP contribution in [0.4, 0.5) is 9.18 Å². The molecule has 5 heteroatoms. The highest BCUT2D eigenvalue weighted by Gasteiger charge is 2.28. The number of nitrogens with one attached hydrogen (secondary N) is 1. The number of rotatable bonds is 4. The summed E-state index contributed by atoms with van der Waals surface area (Å²) in [6, 6.07) is 20.3. The van der Waals surface area contributed by atoms with E-state index in [1.165, 1.54) is 40.5 Å². The van der Waals surface area contributed by atoms with E-state index in [9.17, 15) is 9.18 Å². The van der Waals surface area contributed by atoms with Gasteiger partial charge < -0.3 is 15.2 Å².